The Labute approximate surface area is 128 Å². The van der Waals surface area contributed by atoms with E-state index in [0.717, 1.165) is 12.1 Å². The molecule has 21 heavy (non-hydrogen) atoms. The summed E-state index contributed by atoms with van der Waals surface area (Å²) in [6.07, 6.45) is -4.42. The van der Waals surface area contributed by atoms with Crippen LogP contribution in [-0.2, 0) is 6.18 Å². The SMILES string of the molecule is CN(C)C(C)(C)CNc1ccc(C(F)(F)F)cc1C(N)=S. The molecular weight excluding hydrogens is 299 g/mol. The largest absolute Gasteiger partial charge is 0.416 e. The highest BCUT2D eigenvalue weighted by Crippen LogP contribution is 2.32. The van der Waals surface area contributed by atoms with Crippen molar-refractivity contribution < 1.29 is 13.2 Å². The fourth-order valence-corrected chi connectivity index (χ4v) is 1.72. The number of hydrogen-bond donors (Lipinski definition) is 2. The lowest BCUT2D eigenvalue weighted by Gasteiger charge is -2.33. The van der Waals surface area contributed by atoms with Crippen molar-refractivity contribution in [3.63, 3.8) is 0 Å². The first-order chi connectivity index (χ1) is 9.45. The van der Waals surface area contributed by atoms with Gasteiger partial charge in [0.1, 0.15) is 4.99 Å². The number of likely N-dealkylation sites (N-methyl/N-ethyl adjacent to an activating group) is 1. The van der Waals surface area contributed by atoms with E-state index < -0.39 is 11.7 Å². The maximum absolute atomic E-state index is 12.7. The standard InChI is InChI=1S/C14H20F3N3S/c1-13(2,20(3)4)8-19-11-6-5-9(14(15,16)17)7-10(11)12(18)21/h5-7,19H,8H2,1-4H3,(H2,18,21). The van der Waals surface area contributed by atoms with Gasteiger partial charge in [-0.25, -0.2) is 0 Å². The number of thiocarbonyl (C=S) groups is 1. The third-order valence-electron chi connectivity index (χ3n) is 3.53. The molecule has 1 aromatic rings. The average molecular weight is 319 g/mol. The van der Waals surface area contributed by atoms with Crippen LogP contribution >= 0.6 is 12.2 Å². The zero-order valence-electron chi connectivity index (χ0n) is 12.5. The lowest BCUT2D eigenvalue weighted by atomic mass is 10.0. The topological polar surface area (TPSA) is 41.3 Å². The summed E-state index contributed by atoms with van der Waals surface area (Å²) >= 11 is 4.85. The lowest BCUT2D eigenvalue weighted by molar-refractivity contribution is -0.137. The van der Waals surface area contributed by atoms with E-state index in [1.807, 2.05) is 32.8 Å². The second-order valence-corrected chi connectivity index (χ2v) is 6.12. The Kier molecular flexibility index (Phi) is 5.22. The molecule has 118 valence electrons. The van der Waals surface area contributed by atoms with Crippen molar-refractivity contribution in [1.82, 2.24) is 4.90 Å². The highest BCUT2D eigenvalue weighted by molar-refractivity contribution is 7.80. The Morgan fingerprint density at radius 2 is 1.86 bits per heavy atom. The molecule has 0 aliphatic rings. The summed E-state index contributed by atoms with van der Waals surface area (Å²) in [7, 11) is 3.87. The zero-order valence-corrected chi connectivity index (χ0v) is 13.3. The van der Waals surface area contributed by atoms with E-state index >= 15 is 0 Å². The van der Waals surface area contributed by atoms with Crippen LogP contribution in [0.5, 0.6) is 0 Å². The molecule has 0 aliphatic carbocycles. The second-order valence-electron chi connectivity index (χ2n) is 5.68. The molecule has 0 aliphatic heterocycles. The minimum atomic E-state index is -4.42. The molecule has 0 bridgehead atoms. The predicted octanol–water partition coefficient (Wildman–Crippen LogP) is 3.09. The van der Waals surface area contributed by atoms with E-state index in [1.54, 1.807) is 0 Å². The number of hydrogen-bond acceptors (Lipinski definition) is 3. The number of nitrogens with zero attached hydrogens (tertiary/aromatic N) is 1. The Hall–Kier alpha value is -1.34. The molecule has 0 spiro atoms. The van der Waals surface area contributed by atoms with Crippen LogP contribution in [0, 0.1) is 0 Å². The average Bonchev–Trinajstić information content (AvgIpc) is 2.34. The number of rotatable bonds is 5. The van der Waals surface area contributed by atoms with Gasteiger partial charge in [0.25, 0.3) is 0 Å². The molecule has 0 saturated carbocycles. The van der Waals surface area contributed by atoms with Gasteiger partial charge in [-0.3, -0.25) is 0 Å². The van der Waals surface area contributed by atoms with Gasteiger partial charge in [-0.15, -0.1) is 0 Å². The summed E-state index contributed by atoms with van der Waals surface area (Å²) in [5, 5.41) is 3.12. The zero-order chi connectivity index (χ0) is 16.4. The number of nitrogens with one attached hydrogen (secondary N) is 1. The molecule has 0 unspecified atom stereocenters. The number of halogens is 3. The maximum Gasteiger partial charge on any atom is 0.416 e. The van der Waals surface area contributed by atoms with Gasteiger partial charge in [-0.1, -0.05) is 12.2 Å². The Morgan fingerprint density at radius 3 is 2.29 bits per heavy atom. The summed E-state index contributed by atoms with van der Waals surface area (Å²) in [6, 6.07) is 3.36. The van der Waals surface area contributed by atoms with Gasteiger partial charge in [0, 0.05) is 23.3 Å². The van der Waals surface area contributed by atoms with Crippen LogP contribution in [0.3, 0.4) is 0 Å². The summed E-state index contributed by atoms with van der Waals surface area (Å²) in [6.45, 7) is 4.58. The summed E-state index contributed by atoms with van der Waals surface area (Å²) in [5.41, 5.74) is 5.32. The smallest absolute Gasteiger partial charge is 0.389 e. The summed E-state index contributed by atoms with van der Waals surface area (Å²) < 4.78 is 38.2. The van der Waals surface area contributed by atoms with Crippen molar-refractivity contribution in [2.75, 3.05) is 26.0 Å². The van der Waals surface area contributed by atoms with Crippen LogP contribution in [0.25, 0.3) is 0 Å². The molecule has 0 saturated heterocycles. The van der Waals surface area contributed by atoms with E-state index in [1.165, 1.54) is 6.07 Å². The van der Waals surface area contributed by atoms with Gasteiger partial charge in [0.15, 0.2) is 0 Å². The normalized spacial score (nSPS) is 12.6. The first-order valence-corrected chi connectivity index (χ1v) is 6.78. The monoisotopic (exact) mass is 319 g/mol. The predicted molar refractivity (Wildman–Crippen MR) is 83.6 cm³/mol. The first-order valence-electron chi connectivity index (χ1n) is 6.37. The van der Waals surface area contributed by atoms with Crippen LogP contribution in [0.1, 0.15) is 25.0 Å². The molecule has 0 heterocycles. The van der Waals surface area contributed by atoms with E-state index in [2.05, 4.69) is 5.32 Å². The van der Waals surface area contributed by atoms with Gasteiger partial charge in [0.2, 0.25) is 0 Å². The number of benzene rings is 1. The molecule has 3 N–H and O–H groups in total. The number of anilines is 1. The van der Waals surface area contributed by atoms with E-state index in [0.29, 0.717) is 12.2 Å². The fraction of sp³-hybridized carbons (Fsp3) is 0.500. The van der Waals surface area contributed by atoms with E-state index in [9.17, 15) is 13.2 Å². The molecule has 0 amide bonds. The molecule has 0 radical (unpaired) electrons. The fourth-order valence-electron chi connectivity index (χ4n) is 1.55. The Balaban J connectivity index is 3.06. The van der Waals surface area contributed by atoms with Crippen LogP contribution < -0.4 is 11.1 Å². The van der Waals surface area contributed by atoms with E-state index in [4.69, 9.17) is 18.0 Å². The second kappa shape index (κ2) is 6.19. The molecule has 7 heteroatoms. The van der Waals surface area contributed by atoms with Crippen LogP contribution in [0.15, 0.2) is 18.2 Å². The van der Waals surface area contributed by atoms with Crippen LogP contribution in [0.2, 0.25) is 0 Å². The minimum Gasteiger partial charge on any atom is -0.389 e. The van der Waals surface area contributed by atoms with Gasteiger partial charge in [-0.05, 0) is 46.1 Å². The highest BCUT2D eigenvalue weighted by Gasteiger charge is 2.31. The van der Waals surface area contributed by atoms with Crippen molar-refractivity contribution in [2.24, 2.45) is 5.73 Å². The highest BCUT2D eigenvalue weighted by atomic mass is 32.1. The van der Waals surface area contributed by atoms with Crippen LogP contribution in [0.4, 0.5) is 18.9 Å². The quantitative estimate of drug-likeness (QED) is 0.819. The molecule has 0 aromatic heterocycles. The van der Waals surface area contributed by atoms with Crippen molar-refractivity contribution in [3.05, 3.63) is 29.3 Å². The molecular formula is C14H20F3N3S. The molecule has 0 atom stereocenters. The van der Waals surface area contributed by atoms with Crippen molar-refractivity contribution in [2.45, 2.75) is 25.6 Å². The maximum atomic E-state index is 12.7. The van der Waals surface area contributed by atoms with Gasteiger partial charge < -0.3 is 16.0 Å². The van der Waals surface area contributed by atoms with Gasteiger partial charge >= 0.3 is 6.18 Å². The van der Waals surface area contributed by atoms with Crippen LogP contribution in [-0.4, -0.2) is 36.1 Å². The van der Waals surface area contributed by atoms with Gasteiger partial charge in [-0.2, -0.15) is 13.2 Å². The third kappa shape index (κ3) is 4.57. The van der Waals surface area contributed by atoms with Crippen molar-refractivity contribution >= 4 is 22.9 Å². The first kappa shape index (κ1) is 17.7. The molecule has 3 nitrogen and oxygen atoms in total. The molecule has 0 fully saturated rings. The van der Waals surface area contributed by atoms with Gasteiger partial charge in [0.05, 0.1) is 5.56 Å². The summed E-state index contributed by atoms with van der Waals surface area (Å²) in [5.74, 6) is 0. The number of alkyl halides is 3. The summed E-state index contributed by atoms with van der Waals surface area (Å²) in [4.78, 5) is 1.95. The minimum absolute atomic E-state index is 0.0636. The molecule has 1 rings (SSSR count). The van der Waals surface area contributed by atoms with E-state index in [-0.39, 0.29) is 16.1 Å². The Morgan fingerprint density at radius 1 is 1.29 bits per heavy atom. The number of nitrogens with two attached hydrogens (primary N) is 1. The third-order valence-corrected chi connectivity index (χ3v) is 3.75. The van der Waals surface area contributed by atoms with Crippen molar-refractivity contribution in [1.29, 1.82) is 0 Å². The molecule has 1 aromatic carbocycles. The van der Waals surface area contributed by atoms with Crippen molar-refractivity contribution in [3.8, 4) is 0 Å². The Bertz CT molecular complexity index is 525. The lowest BCUT2D eigenvalue weighted by Crippen LogP contribution is -2.44.